The van der Waals surface area contributed by atoms with Gasteiger partial charge in [0, 0.05) is 43.7 Å². The molecule has 0 amide bonds. The molecule has 0 bridgehead atoms. The zero-order valence-electron chi connectivity index (χ0n) is 29.4. The van der Waals surface area contributed by atoms with E-state index in [1.807, 2.05) is 85.9 Å². The number of nitrogens with zero attached hydrogens (tertiary/aromatic N) is 5. The summed E-state index contributed by atoms with van der Waals surface area (Å²) >= 11 is 1.09. The topological polar surface area (TPSA) is 102 Å². The summed E-state index contributed by atoms with van der Waals surface area (Å²) in [5.41, 5.74) is 2.06. The van der Waals surface area contributed by atoms with Crippen molar-refractivity contribution in [1.29, 1.82) is 0 Å². The molecule has 3 heterocycles. The van der Waals surface area contributed by atoms with Gasteiger partial charge in [0.15, 0.2) is 11.6 Å². The molecule has 0 radical (unpaired) electrons. The van der Waals surface area contributed by atoms with Gasteiger partial charge >= 0.3 is 0 Å². The summed E-state index contributed by atoms with van der Waals surface area (Å²) in [6.45, 7) is 32.3. The molecule has 0 aliphatic carbocycles. The SMILES string of the molecule is C=C(/C(C)=C(O)/C(=C\C)Nc1nsnc1NCc1ccc(C)o1)N1CCN(C(=C/C)/N=C\CC)CC1.CC.CC.CC(C)C. The highest BCUT2D eigenvalue weighted by Gasteiger charge is 2.22. The number of hydrogen-bond acceptors (Lipinski definition) is 10. The van der Waals surface area contributed by atoms with Crippen LogP contribution in [-0.2, 0) is 6.54 Å². The zero-order valence-corrected chi connectivity index (χ0v) is 30.2. The molecule has 9 nitrogen and oxygen atoms in total. The molecule has 248 valence electrons. The van der Waals surface area contributed by atoms with Crippen LogP contribution in [0.3, 0.4) is 0 Å². The number of nitrogens with one attached hydrogen (secondary N) is 2. The molecule has 3 N–H and O–H groups in total. The molecular formula is C34H59N7O2S. The average molecular weight is 630 g/mol. The largest absolute Gasteiger partial charge is 0.505 e. The van der Waals surface area contributed by atoms with Crippen LogP contribution in [-0.4, -0.2) is 56.0 Å². The van der Waals surface area contributed by atoms with Crippen LogP contribution in [0.4, 0.5) is 11.6 Å². The number of aliphatic hydroxyl groups is 1. The van der Waals surface area contributed by atoms with Crippen molar-refractivity contribution in [1.82, 2.24) is 18.5 Å². The van der Waals surface area contributed by atoms with Crippen LogP contribution in [0.1, 0.15) is 94.1 Å². The molecule has 3 rings (SSSR count). The van der Waals surface area contributed by atoms with Crippen LogP contribution >= 0.6 is 11.7 Å². The smallest absolute Gasteiger partial charge is 0.188 e. The van der Waals surface area contributed by atoms with Crippen molar-refractivity contribution in [2.75, 3.05) is 36.8 Å². The van der Waals surface area contributed by atoms with E-state index >= 15 is 0 Å². The minimum atomic E-state index is 0.132. The van der Waals surface area contributed by atoms with Crippen LogP contribution in [0.2, 0.25) is 0 Å². The lowest BCUT2D eigenvalue weighted by molar-refractivity contribution is 0.192. The van der Waals surface area contributed by atoms with Crippen molar-refractivity contribution < 1.29 is 9.52 Å². The van der Waals surface area contributed by atoms with E-state index < -0.39 is 0 Å². The van der Waals surface area contributed by atoms with Crippen molar-refractivity contribution in [2.24, 2.45) is 10.9 Å². The Morgan fingerprint density at radius 3 is 2.11 bits per heavy atom. The average Bonchev–Trinajstić information content (AvgIpc) is 3.67. The lowest BCUT2D eigenvalue weighted by Gasteiger charge is -2.38. The highest BCUT2D eigenvalue weighted by atomic mass is 32.1. The Morgan fingerprint density at radius 2 is 1.61 bits per heavy atom. The number of hydrogen-bond donors (Lipinski definition) is 3. The highest BCUT2D eigenvalue weighted by Crippen LogP contribution is 2.26. The van der Waals surface area contributed by atoms with E-state index in [0.717, 1.165) is 73.3 Å². The van der Waals surface area contributed by atoms with E-state index in [-0.39, 0.29) is 5.76 Å². The summed E-state index contributed by atoms with van der Waals surface area (Å²) in [4.78, 5) is 9.04. The normalized spacial score (nSPS) is 14.1. The molecule has 0 saturated carbocycles. The van der Waals surface area contributed by atoms with E-state index in [9.17, 15) is 5.11 Å². The van der Waals surface area contributed by atoms with E-state index in [1.165, 1.54) is 0 Å². The molecule has 2 aromatic heterocycles. The molecule has 1 aliphatic heterocycles. The fraction of sp³-hybridized carbons (Fsp3) is 0.559. The van der Waals surface area contributed by atoms with Gasteiger partial charge in [-0.25, -0.2) is 4.99 Å². The third kappa shape index (κ3) is 13.8. The number of rotatable bonds is 11. The summed E-state index contributed by atoms with van der Waals surface area (Å²) in [5, 5.41) is 17.5. The number of piperazine rings is 1. The quantitative estimate of drug-likeness (QED) is 0.128. The number of aliphatic hydroxyl groups excluding tert-OH is 1. The molecule has 0 unspecified atom stereocenters. The lowest BCUT2D eigenvalue weighted by Crippen LogP contribution is -2.45. The van der Waals surface area contributed by atoms with Crippen molar-refractivity contribution in [3.8, 4) is 0 Å². The molecule has 0 aromatic carbocycles. The molecule has 10 heteroatoms. The first-order valence-corrected chi connectivity index (χ1v) is 16.7. The van der Waals surface area contributed by atoms with Crippen LogP contribution in [0.5, 0.6) is 0 Å². The predicted octanol–water partition coefficient (Wildman–Crippen LogP) is 9.39. The van der Waals surface area contributed by atoms with Gasteiger partial charge in [-0.3, -0.25) is 0 Å². The van der Waals surface area contributed by atoms with Crippen LogP contribution in [0.25, 0.3) is 0 Å². The first kappa shape index (κ1) is 40.5. The number of aryl methyl sites for hydroxylation is 1. The predicted molar refractivity (Wildman–Crippen MR) is 191 cm³/mol. The van der Waals surface area contributed by atoms with Crippen LogP contribution < -0.4 is 10.6 Å². The molecular weight excluding hydrogens is 570 g/mol. The monoisotopic (exact) mass is 629 g/mol. The van der Waals surface area contributed by atoms with Gasteiger partial charge < -0.3 is 30.0 Å². The molecule has 44 heavy (non-hydrogen) atoms. The Labute approximate surface area is 271 Å². The van der Waals surface area contributed by atoms with E-state index in [4.69, 9.17) is 4.42 Å². The van der Waals surface area contributed by atoms with E-state index in [1.54, 1.807) is 0 Å². The highest BCUT2D eigenvalue weighted by molar-refractivity contribution is 6.99. The van der Waals surface area contributed by atoms with Crippen molar-refractivity contribution in [3.63, 3.8) is 0 Å². The number of aromatic nitrogens is 2. The summed E-state index contributed by atoms with van der Waals surface area (Å²) in [7, 11) is 0. The fourth-order valence-electron chi connectivity index (χ4n) is 3.84. The summed E-state index contributed by atoms with van der Waals surface area (Å²) in [5.74, 6) is 4.78. The second kappa shape index (κ2) is 22.9. The zero-order chi connectivity index (χ0) is 33.7. The number of furan rings is 1. The molecule has 2 aromatic rings. The first-order valence-electron chi connectivity index (χ1n) is 15.9. The molecule has 1 aliphatic rings. The number of anilines is 2. The minimum Gasteiger partial charge on any atom is -0.505 e. The van der Waals surface area contributed by atoms with Gasteiger partial charge in [-0.05, 0) is 58.2 Å². The third-order valence-corrected chi connectivity index (χ3v) is 6.48. The Bertz CT molecular complexity index is 1200. The molecule has 1 fully saturated rings. The maximum Gasteiger partial charge on any atom is 0.188 e. The summed E-state index contributed by atoms with van der Waals surface area (Å²) < 4.78 is 14.3. The third-order valence-electron chi connectivity index (χ3n) is 5.95. The first-order chi connectivity index (χ1) is 21.1. The minimum absolute atomic E-state index is 0.132. The molecule has 1 saturated heterocycles. The Balaban J connectivity index is 0.00000210. The lowest BCUT2D eigenvalue weighted by atomic mass is 10.1. The van der Waals surface area contributed by atoms with Gasteiger partial charge in [-0.15, -0.1) is 0 Å². The van der Waals surface area contributed by atoms with Gasteiger partial charge in [0.25, 0.3) is 0 Å². The van der Waals surface area contributed by atoms with E-state index in [2.05, 4.69) is 68.4 Å². The standard InChI is InChI=1S/C26H37N7O2S.C4H10.2C2H6/c1-7-12-27-23(9-3)33-15-13-32(14-16-33)20(6)19(5)24(34)22(8-2)29-26-25(30-36-31-26)28-17-21-11-10-18(4)35-21;1-4(2)3;2*1-2/h8-12,34H,6-7,13-17H2,1-5H3,(H,28,30)(H,29,31);4H,1-3H3;2*1-2H3/b22-8+,23-9+,24-19-,27-12-;;;. The molecule has 0 spiro atoms. The summed E-state index contributed by atoms with van der Waals surface area (Å²) in [6, 6.07) is 3.85. The summed E-state index contributed by atoms with van der Waals surface area (Å²) in [6.07, 6.45) is 6.71. The number of allylic oxidation sites excluding steroid dienone is 3. The fourth-order valence-corrected chi connectivity index (χ4v) is 4.33. The van der Waals surface area contributed by atoms with Gasteiger partial charge in [0.05, 0.1) is 24.0 Å². The maximum absolute atomic E-state index is 11.1. The van der Waals surface area contributed by atoms with Gasteiger partial charge in [0.2, 0.25) is 0 Å². The molecule has 0 atom stereocenters. The van der Waals surface area contributed by atoms with Crippen molar-refractivity contribution >= 4 is 29.6 Å². The van der Waals surface area contributed by atoms with Crippen molar-refractivity contribution in [2.45, 2.75) is 96.1 Å². The maximum atomic E-state index is 11.1. The second-order valence-electron chi connectivity index (χ2n) is 10.1. The van der Waals surface area contributed by atoms with Crippen LogP contribution in [0.15, 0.2) is 68.8 Å². The van der Waals surface area contributed by atoms with Gasteiger partial charge in [0.1, 0.15) is 23.1 Å². The van der Waals surface area contributed by atoms with Crippen LogP contribution in [0, 0.1) is 12.8 Å². The van der Waals surface area contributed by atoms with Gasteiger partial charge in [-0.2, -0.15) is 8.75 Å². The van der Waals surface area contributed by atoms with E-state index in [0.29, 0.717) is 29.5 Å². The second-order valence-corrected chi connectivity index (χ2v) is 10.7. The van der Waals surface area contributed by atoms with Gasteiger partial charge in [-0.1, -0.05) is 68.0 Å². The van der Waals surface area contributed by atoms with Crippen molar-refractivity contribution in [3.05, 3.63) is 70.9 Å². The Hall–Kier alpha value is -3.53. The number of aliphatic imine (C=N–C) groups is 1. The Kier molecular flexibility index (Phi) is 21.1. The Morgan fingerprint density at radius 1 is 1.05 bits per heavy atom.